The maximum atomic E-state index is 6.38. The summed E-state index contributed by atoms with van der Waals surface area (Å²) in [6.45, 7) is 0. The molecule has 3 aromatic heterocycles. The lowest BCUT2D eigenvalue weighted by atomic mass is 9.99. The second-order valence-electron chi connectivity index (χ2n) is 11.1. The summed E-state index contributed by atoms with van der Waals surface area (Å²) in [5, 5.41) is 3.57. The van der Waals surface area contributed by atoms with Gasteiger partial charge in [0, 0.05) is 44.8 Å². The third kappa shape index (κ3) is 3.83. The zero-order valence-corrected chi connectivity index (χ0v) is 23.8. The van der Waals surface area contributed by atoms with Crippen LogP contribution in [0.25, 0.3) is 78.7 Å². The van der Waals surface area contributed by atoms with Crippen molar-refractivity contribution in [3.8, 4) is 39.9 Å². The Morgan fingerprint density at radius 1 is 0.568 bits per heavy atom. The number of nitrogens with zero attached hydrogens (tertiary/aromatic N) is 4. The molecular weight excluding hydrogens is 540 g/mol. The number of fused-ring (bicyclic) bond motifs is 7. The Kier molecular flexibility index (Phi) is 5.56. The molecule has 0 amide bonds. The summed E-state index contributed by atoms with van der Waals surface area (Å²) in [7, 11) is 0. The molecule has 9 rings (SSSR count). The van der Waals surface area contributed by atoms with Crippen LogP contribution in [0.4, 0.5) is 0 Å². The average molecular weight is 567 g/mol. The first-order valence-electron chi connectivity index (χ1n) is 14.9. The minimum absolute atomic E-state index is 0.629. The molecule has 0 bridgehead atoms. The van der Waals surface area contributed by atoms with Gasteiger partial charge in [0.05, 0.1) is 16.7 Å². The van der Waals surface area contributed by atoms with E-state index in [4.69, 9.17) is 19.4 Å². The summed E-state index contributed by atoms with van der Waals surface area (Å²) in [6.07, 6.45) is 6.41. The highest BCUT2D eigenvalue weighted by molar-refractivity contribution is 6.22. The van der Waals surface area contributed by atoms with E-state index in [1.165, 1.54) is 21.7 Å². The van der Waals surface area contributed by atoms with Gasteiger partial charge in [-0.1, -0.05) is 103 Å². The van der Waals surface area contributed by atoms with Gasteiger partial charge in [-0.15, -0.1) is 0 Å². The van der Waals surface area contributed by atoms with E-state index < -0.39 is 0 Å². The molecule has 5 aromatic carbocycles. The zero-order valence-electron chi connectivity index (χ0n) is 23.8. The Morgan fingerprint density at radius 3 is 2.00 bits per heavy atom. The first-order valence-corrected chi connectivity index (χ1v) is 14.9. The van der Waals surface area contributed by atoms with Gasteiger partial charge in [0.2, 0.25) is 0 Å². The van der Waals surface area contributed by atoms with Crippen molar-refractivity contribution in [3.63, 3.8) is 0 Å². The highest BCUT2D eigenvalue weighted by Gasteiger charge is 2.23. The van der Waals surface area contributed by atoms with Crippen molar-refractivity contribution in [3.05, 3.63) is 139 Å². The summed E-state index contributed by atoms with van der Waals surface area (Å²) >= 11 is 0. The predicted molar refractivity (Wildman–Crippen MR) is 178 cm³/mol. The monoisotopic (exact) mass is 566 g/mol. The number of hydrogen-bond acceptors (Lipinski definition) is 4. The third-order valence-corrected chi connectivity index (χ3v) is 8.51. The number of aromatic nitrogens is 4. The molecule has 0 unspecified atom stereocenters. The van der Waals surface area contributed by atoms with Crippen molar-refractivity contribution in [2.75, 3.05) is 0 Å². The average Bonchev–Trinajstić information content (AvgIpc) is 3.64. The molecule has 5 heteroatoms. The number of para-hydroxylation sites is 2. The molecule has 1 aliphatic carbocycles. The van der Waals surface area contributed by atoms with E-state index in [1.807, 2.05) is 60.7 Å². The second-order valence-corrected chi connectivity index (χ2v) is 11.1. The third-order valence-electron chi connectivity index (χ3n) is 8.51. The van der Waals surface area contributed by atoms with Gasteiger partial charge in [0.15, 0.2) is 17.5 Å². The van der Waals surface area contributed by atoms with Gasteiger partial charge in [-0.3, -0.25) is 0 Å². The van der Waals surface area contributed by atoms with Gasteiger partial charge < -0.3 is 8.98 Å². The lowest BCUT2D eigenvalue weighted by molar-refractivity contribution is 0.546. The SMILES string of the molecule is C1=Cc2c(oc3ccc4c(c5ccccc5n4-c4ccccc4-c4nc(-c5ccccc5)nc(-c5ccccc5)n4)c23)CC1. The highest BCUT2D eigenvalue weighted by Crippen LogP contribution is 2.43. The molecule has 5 nitrogen and oxygen atoms in total. The van der Waals surface area contributed by atoms with E-state index in [9.17, 15) is 0 Å². The van der Waals surface area contributed by atoms with E-state index >= 15 is 0 Å². The number of benzene rings is 5. The topological polar surface area (TPSA) is 56.7 Å². The minimum Gasteiger partial charge on any atom is -0.460 e. The van der Waals surface area contributed by atoms with Crippen LogP contribution in [0.2, 0.25) is 0 Å². The van der Waals surface area contributed by atoms with Crippen molar-refractivity contribution in [2.24, 2.45) is 0 Å². The standard InChI is InChI=1S/C39H26N4O/c1-3-13-25(14-4-1)37-40-38(26-15-5-2-6-16-26)42-39(41-37)28-18-8-11-21-31(28)43-30-20-10-7-17-27(30)35-32(43)23-24-34-36(35)29-19-9-12-22-33(29)44-34/h1-11,13-21,23-24H,12,22H2. The molecule has 8 aromatic rings. The number of hydrogen-bond donors (Lipinski definition) is 0. The van der Waals surface area contributed by atoms with E-state index in [-0.39, 0.29) is 0 Å². The first kappa shape index (κ1) is 24.8. The van der Waals surface area contributed by atoms with E-state index in [0.29, 0.717) is 17.5 Å². The first-order chi connectivity index (χ1) is 21.8. The summed E-state index contributed by atoms with van der Waals surface area (Å²) in [6, 6.07) is 41.5. The fraction of sp³-hybridized carbons (Fsp3) is 0.0513. The number of rotatable bonds is 4. The summed E-state index contributed by atoms with van der Waals surface area (Å²) in [5.74, 6) is 2.98. The Hall–Kier alpha value is -5.81. The molecule has 0 fully saturated rings. The lowest BCUT2D eigenvalue weighted by Gasteiger charge is -2.14. The molecular formula is C39H26N4O. The lowest BCUT2D eigenvalue weighted by Crippen LogP contribution is -2.03. The number of aryl methyl sites for hydroxylation is 1. The van der Waals surface area contributed by atoms with Gasteiger partial charge in [-0.25, -0.2) is 15.0 Å². The molecule has 0 aliphatic heterocycles. The van der Waals surface area contributed by atoms with Crippen LogP contribution in [0.15, 0.2) is 132 Å². The molecule has 3 heterocycles. The van der Waals surface area contributed by atoms with Gasteiger partial charge in [-0.2, -0.15) is 0 Å². The Morgan fingerprint density at radius 2 is 1.23 bits per heavy atom. The summed E-state index contributed by atoms with van der Waals surface area (Å²) in [5.41, 5.74) is 8.21. The van der Waals surface area contributed by atoms with Crippen LogP contribution in [0.5, 0.6) is 0 Å². The highest BCUT2D eigenvalue weighted by atomic mass is 16.3. The van der Waals surface area contributed by atoms with E-state index in [1.54, 1.807) is 0 Å². The quantitative estimate of drug-likeness (QED) is 0.213. The molecule has 0 saturated heterocycles. The van der Waals surface area contributed by atoms with Crippen LogP contribution in [-0.2, 0) is 6.42 Å². The minimum atomic E-state index is 0.629. The molecule has 1 aliphatic rings. The van der Waals surface area contributed by atoms with E-state index in [0.717, 1.165) is 57.6 Å². The Labute approximate surface area is 253 Å². The van der Waals surface area contributed by atoms with Crippen LogP contribution in [0, 0.1) is 0 Å². The molecule has 0 atom stereocenters. The van der Waals surface area contributed by atoms with Crippen LogP contribution >= 0.6 is 0 Å². The van der Waals surface area contributed by atoms with Crippen molar-refractivity contribution >= 4 is 38.9 Å². The van der Waals surface area contributed by atoms with Crippen molar-refractivity contribution in [1.29, 1.82) is 0 Å². The van der Waals surface area contributed by atoms with Crippen molar-refractivity contribution < 1.29 is 4.42 Å². The van der Waals surface area contributed by atoms with Gasteiger partial charge >= 0.3 is 0 Å². The molecule has 208 valence electrons. The largest absolute Gasteiger partial charge is 0.460 e. The van der Waals surface area contributed by atoms with Crippen LogP contribution in [0.1, 0.15) is 17.7 Å². The molecule has 0 spiro atoms. The Balaban J connectivity index is 1.34. The Bertz CT molecular complexity index is 2330. The molecule has 0 N–H and O–H groups in total. The van der Waals surface area contributed by atoms with Crippen LogP contribution < -0.4 is 0 Å². The molecule has 44 heavy (non-hydrogen) atoms. The maximum Gasteiger partial charge on any atom is 0.166 e. The van der Waals surface area contributed by atoms with Gasteiger partial charge in [0.1, 0.15) is 11.3 Å². The zero-order chi connectivity index (χ0) is 29.0. The van der Waals surface area contributed by atoms with Gasteiger partial charge in [-0.05, 0) is 36.8 Å². The fourth-order valence-electron chi connectivity index (χ4n) is 6.54. The molecule has 0 radical (unpaired) electrons. The van der Waals surface area contributed by atoms with Crippen LogP contribution in [-0.4, -0.2) is 19.5 Å². The second kappa shape index (κ2) is 9.89. The summed E-state index contributed by atoms with van der Waals surface area (Å²) < 4.78 is 8.73. The predicted octanol–water partition coefficient (Wildman–Crippen LogP) is 9.68. The summed E-state index contributed by atoms with van der Waals surface area (Å²) in [4.78, 5) is 15.1. The number of furan rings is 1. The molecule has 0 saturated carbocycles. The smallest absolute Gasteiger partial charge is 0.166 e. The normalized spacial score (nSPS) is 12.7. The van der Waals surface area contributed by atoms with Crippen molar-refractivity contribution in [2.45, 2.75) is 12.8 Å². The fourth-order valence-corrected chi connectivity index (χ4v) is 6.54. The van der Waals surface area contributed by atoms with Crippen molar-refractivity contribution in [1.82, 2.24) is 19.5 Å². The van der Waals surface area contributed by atoms with E-state index in [2.05, 4.69) is 77.4 Å². The van der Waals surface area contributed by atoms with Gasteiger partial charge in [0.25, 0.3) is 0 Å². The van der Waals surface area contributed by atoms with Crippen LogP contribution in [0.3, 0.4) is 0 Å². The number of allylic oxidation sites excluding steroid dienone is 1. The maximum absolute atomic E-state index is 6.38.